The van der Waals surface area contributed by atoms with E-state index in [9.17, 15) is 9.69 Å². The number of hydrogen-bond donors (Lipinski definition) is 2. The first kappa shape index (κ1) is 37.4. The Balaban J connectivity index is 1.52. The average molecular weight is 640 g/mol. The smallest absolute Gasteiger partial charge is 0.407 e. The maximum Gasteiger partial charge on any atom is 0.407 e. The molecule has 0 radical (unpaired) electrons. The van der Waals surface area contributed by atoms with E-state index in [0.29, 0.717) is 18.8 Å². The molecule has 1 amide bonds. The molecule has 8 nitrogen and oxygen atoms in total. The molecule has 0 saturated carbocycles. The number of alkyl carbamates (subject to hydrolysis) is 1. The number of rotatable bonds is 26. The second-order valence-electron chi connectivity index (χ2n) is 11.4. The average Bonchev–Trinajstić information content (AvgIpc) is 3.49. The number of nitrogens with zero attached hydrogens (tertiary/aromatic N) is 1. The third-order valence-electron chi connectivity index (χ3n) is 7.01. The fourth-order valence-corrected chi connectivity index (χ4v) is 6.01. The SMILES string of the molecule is CCCCCCCCCCCCCCCCNC(=O)OCC(COP(O)Oc1cccc(C[n+]2ccsc2)c1)OC(C)C. The van der Waals surface area contributed by atoms with Crippen LogP contribution < -0.4 is 14.4 Å². The summed E-state index contributed by atoms with van der Waals surface area (Å²) >= 11 is 1.63. The molecule has 2 atom stereocenters. The first-order valence-corrected chi connectivity index (χ1v) is 18.4. The van der Waals surface area contributed by atoms with Crippen molar-refractivity contribution in [3.8, 4) is 5.75 Å². The van der Waals surface area contributed by atoms with E-state index in [1.165, 1.54) is 77.0 Å². The van der Waals surface area contributed by atoms with E-state index in [1.54, 1.807) is 17.4 Å². The van der Waals surface area contributed by atoms with Gasteiger partial charge in [0.25, 0.3) is 0 Å². The number of carbonyl (C=O) groups is 1. The van der Waals surface area contributed by atoms with E-state index in [1.807, 2.05) is 49.1 Å². The monoisotopic (exact) mass is 639 g/mol. The standard InChI is InChI=1S/C33H55N2O6PS/c1-4-5-6-7-8-9-10-11-12-13-14-15-16-17-21-34-33(36)38-26-32(40-29(2)3)27-39-42(37)41-31-20-18-19-30(24-31)25-35-22-23-43-28-35/h18-20,22-24,28-29,32,37H,4-17,21,25-27H2,1-3H3/p+1. The van der Waals surface area contributed by atoms with Crippen molar-refractivity contribution in [3.63, 3.8) is 0 Å². The number of unbranched alkanes of at least 4 members (excludes halogenated alkanes) is 13. The van der Waals surface area contributed by atoms with Crippen LogP contribution in [0.5, 0.6) is 5.75 Å². The summed E-state index contributed by atoms with van der Waals surface area (Å²) < 4.78 is 24.4. The second kappa shape index (κ2) is 24.5. The van der Waals surface area contributed by atoms with Crippen molar-refractivity contribution in [1.82, 2.24) is 5.32 Å². The van der Waals surface area contributed by atoms with Crippen LogP contribution in [0, 0.1) is 0 Å². The van der Waals surface area contributed by atoms with Gasteiger partial charge in [-0.05, 0) is 32.4 Å². The summed E-state index contributed by atoms with van der Waals surface area (Å²) in [6.07, 6.45) is 19.2. The number of aromatic nitrogens is 1. The van der Waals surface area contributed by atoms with Crippen molar-refractivity contribution in [2.75, 3.05) is 19.8 Å². The molecule has 244 valence electrons. The molecule has 2 rings (SSSR count). The van der Waals surface area contributed by atoms with Crippen LogP contribution in [0.25, 0.3) is 0 Å². The Hall–Kier alpha value is -1.77. The van der Waals surface area contributed by atoms with Gasteiger partial charge >= 0.3 is 14.7 Å². The van der Waals surface area contributed by atoms with E-state index >= 15 is 0 Å². The van der Waals surface area contributed by atoms with E-state index in [0.717, 1.165) is 18.4 Å². The molecule has 0 spiro atoms. The molecule has 0 aliphatic carbocycles. The fraction of sp³-hybridized carbons (Fsp3) is 0.697. The Morgan fingerprint density at radius 2 is 1.60 bits per heavy atom. The van der Waals surface area contributed by atoms with Gasteiger partial charge in [0.1, 0.15) is 18.5 Å². The largest absolute Gasteiger partial charge is 0.447 e. The molecule has 1 aromatic heterocycles. The van der Waals surface area contributed by atoms with Crippen LogP contribution >= 0.6 is 19.9 Å². The quantitative estimate of drug-likeness (QED) is 0.0608. The molecule has 0 aliphatic rings. The summed E-state index contributed by atoms with van der Waals surface area (Å²) in [7, 11) is -2.17. The first-order chi connectivity index (χ1) is 21.0. The lowest BCUT2D eigenvalue weighted by molar-refractivity contribution is -0.683. The Labute approximate surface area is 265 Å². The zero-order chi connectivity index (χ0) is 31.0. The zero-order valence-electron chi connectivity index (χ0n) is 26.7. The van der Waals surface area contributed by atoms with Crippen molar-refractivity contribution in [2.24, 2.45) is 0 Å². The molecule has 2 aromatic rings. The predicted molar refractivity (Wildman–Crippen MR) is 175 cm³/mol. The summed E-state index contributed by atoms with van der Waals surface area (Å²) in [5.74, 6) is 0.530. The maximum atomic E-state index is 12.2. The van der Waals surface area contributed by atoms with E-state index in [-0.39, 0.29) is 19.3 Å². The first-order valence-electron chi connectivity index (χ1n) is 16.3. The third kappa shape index (κ3) is 20.0. The normalized spacial score (nSPS) is 12.8. The van der Waals surface area contributed by atoms with Crippen LogP contribution in [0.3, 0.4) is 0 Å². The Morgan fingerprint density at radius 1 is 0.953 bits per heavy atom. The summed E-state index contributed by atoms with van der Waals surface area (Å²) in [5.41, 5.74) is 3.09. The number of amides is 1. The van der Waals surface area contributed by atoms with Crippen LogP contribution in [0.4, 0.5) is 4.79 Å². The highest BCUT2D eigenvalue weighted by Gasteiger charge is 2.19. The van der Waals surface area contributed by atoms with Gasteiger partial charge in [0.05, 0.1) is 18.1 Å². The summed E-state index contributed by atoms with van der Waals surface area (Å²) in [6.45, 7) is 7.45. The van der Waals surface area contributed by atoms with Gasteiger partial charge in [-0.3, -0.25) is 4.52 Å². The van der Waals surface area contributed by atoms with Gasteiger partial charge in [-0.2, -0.15) is 4.57 Å². The van der Waals surface area contributed by atoms with Crippen LogP contribution in [0.15, 0.2) is 41.4 Å². The number of carbonyl (C=O) groups excluding carboxylic acids is 1. The lowest BCUT2D eigenvalue weighted by atomic mass is 10.0. The van der Waals surface area contributed by atoms with Gasteiger partial charge in [0, 0.05) is 12.1 Å². The van der Waals surface area contributed by atoms with Crippen molar-refractivity contribution in [3.05, 3.63) is 46.9 Å². The van der Waals surface area contributed by atoms with Crippen LogP contribution in [-0.2, 0) is 20.5 Å². The molecule has 10 heteroatoms. The van der Waals surface area contributed by atoms with Gasteiger partial charge in [0.15, 0.2) is 12.7 Å². The molecular weight excluding hydrogens is 583 g/mol. The van der Waals surface area contributed by atoms with E-state index in [2.05, 4.69) is 16.8 Å². The van der Waals surface area contributed by atoms with Gasteiger partial charge in [-0.25, -0.2) is 4.79 Å². The number of ether oxygens (including phenoxy) is 2. The van der Waals surface area contributed by atoms with Crippen LogP contribution in [-0.4, -0.2) is 43.0 Å². The summed E-state index contributed by atoms with van der Waals surface area (Å²) in [5, 5.41) is 4.84. The van der Waals surface area contributed by atoms with Gasteiger partial charge in [0.2, 0.25) is 5.51 Å². The Morgan fingerprint density at radius 3 is 2.21 bits per heavy atom. The van der Waals surface area contributed by atoms with Gasteiger partial charge in [-0.1, -0.05) is 114 Å². The molecule has 0 fully saturated rings. The Bertz CT molecular complexity index is 949. The molecule has 1 heterocycles. The minimum atomic E-state index is -2.17. The molecule has 0 saturated heterocycles. The third-order valence-corrected chi connectivity index (χ3v) is 8.42. The fourth-order valence-electron chi connectivity index (χ4n) is 4.77. The number of hydrogen-bond acceptors (Lipinski definition) is 7. The summed E-state index contributed by atoms with van der Waals surface area (Å²) in [4.78, 5) is 22.5. The minimum absolute atomic E-state index is 0.0271. The minimum Gasteiger partial charge on any atom is -0.447 e. The molecular formula is C33H56N2O6PS+. The molecule has 43 heavy (non-hydrogen) atoms. The highest BCUT2D eigenvalue weighted by molar-refractivity contribution is 7.41. The molecule has 0 bridgehead atoms. The maximum absolute atomic E-state index is 12.2. The van der Waals surface area contributed by atoms with Gasteiger partial charge < -0.3 is 24.2 Å². The lowest BCUT2D eigenvalue weighted by Gasteiger charge is -2.21. The van der Waals surface area contributed by atoms with Crippen LogP contribution in [0.2, 0.25) is 0 Å². The highest BCUT2D eigenvalue weighted by atomic mass is 32.1. The topological polar surface area (TPSA) is 90.1 Å². The van der Waals surface area contributed by atoms with Crippen molar-refractivity contribution >= 4 is 26.0 Å². The molecule has 2 unspecified atom stereocenters. The van der Waals surface area contributed by atoms with Crippen LogP contribution in [0.1, 0.15) is 116 Å². The van der Waals surface area contributed by atoms with Crippen molar-refractivity contribution in [1.29, 1.82) is 0 Å². The van der Waals surface area contributed by atoms with Crippen molar-refractivity contribution in [2.45, 2.75) is 129 Å². The van der Waals surface area contributed by atoms with E-state index in [4.69, 9.17) is 18.5 Å². The highest BCUT2D eigenvalue weighted by Crippen LogP contribution is 2.35. The second-order valence-corrected chi connectivity index (χ2v) is 13.1. The zero-order valence-corrected chi connectivity index (χ0v) is 28.4. The number of benzene rings is 1. The lowest BCUT2D eigenvalue weighted by Crippen LogP contribution is -2.33. The number of nitrogens with one attached hydrogen (secondary N) is 1. The number of thiazole rings is 1. The molecule has 1 aromatic carbocycles. The molecule has 2 N–H and O–H groups in total. The van der Waals surface area contributed by atoms with Gasteiger partial charge in [-0.15, -0.1) is 0 Å². The van der Waals surface area contributed by atoms with Crippen molar-refractivity contribution < 1.29 is 32.8 Å². The molecule has 0 aliphatic heterocycles. The Kier molecular flexibility index (Phi) is 21.4. The predicted octanol–water partition coefficient (Wildman–Crippen LogP) is 8.70. The van der Waals surface area contributed by atoms with E-state index < -0.39 is 20.8 Å². The summed E-state index contributed by atoms with van der Waals surface area (Å²) in [6, 6.07) is 7.56.